The number of hydrogen-bond donors (Lipinski definition) is 2. The molecule has 0 radical (unpaired) electrons. The van der Waals surface area contributed by atoms with Crippen LogP contribution in [-0.4, -0.2) is 32.6 Å². The third-order valence-electron chi connectivity index (χ3n) is 5.06. The highest BCUT2D eigenvalue weighted by molar-refractivity contribution is 5.92. The molecule has 0 amide bonds. The second-order valence-corrected chi connectivity index (χ2v) is 6.54. The number of carbonyl (C=O) groups excluding carboxylic acids is 1. The van der Waals surface area contributed by atoms with Gasteiger partial charge in [0.15, 0.2) is 5.78 Å². The van der Waals surface area contributed by atoms with Gasteiger partial charge in [0.05, 0.1) is 15.9 Å². The van der Waals surface area contributed by atoms with Gasteiger partial charge in [0.25, 0.3) is 5.69 Å². The van der Waals surface area contributed by atoms with Crippen LogP contribution in [0.3, 0.4) is 0 Å². The monoisotopic (exact) mass is 362 g/mol. The number of hydrogen-bond acceptors (Lipinski definition) is 8. The number of carbonyl (C=O) groups is 1. The number of nitro groups is 2. The van der Waals surface area contributed by atoms with Crippen LogP contribution in [0.4, 0.5) is 17.1 Å². The molecule has 3 rings (SSSR count). The number of anilines is 1. The van der Waals surface area contributed by atoms with Gasteiger partial charge in [0, 0.05) is 30.0 Å². The molecule has 10 heteroatoms. The van der Waals surface area contributed by atoms with Crippen LogP contribution in [0.2, 0.25) is 0 Å². The highest BCUT2D eigenvalue weighted by Crippen LogP contribution is 2.38. The Morgan fingerprint density at radius 2 is 1.92 bits per heavy atom. The van der Waals surface area contributed by atoms with Gasteiger partial charge in [-0.25, -0.2) is 0 Å². The Morgan fingerprint density at radius 3 is 2.54 bits per heavy atom. The molecule has 138 valence electrons. The molecule has 0 unspecified atom stereocenters. The van der Waals surface area contributed by atoms with Crippen molar-refractivity contribution in [3.63, 3.8) is 0 Å². The number of nitro benzene ring substituents is 2. The van der Waals surface area contributed by atoms with Crippen LogP contribution >= 0.6 is 0 Å². The Balaban J connectivity index is 1.81. The molecule has 0 bridgehead atoms. The number of aliphatic hydroxyl groups is 1. The van der Waals surface area contributed by atoms with Crippen molar-refractivity contribution < 1.29 is 19.7 Å². The fourth-order valence-electron chi connectivity index (χ4n) is 3.74. The van der Waals surface area contributed by atoms with Crippen LogP contribution in [0.5, 0.6) is 0 Å². The van der Waals surface area contributed by atoms with Crippen molar-refractivity contribution in [3.8, 4) is 0 Å². The molecule has 10 nitrogen and oxygen atoms in total. The summed E-state index contributed by atoms with van der Waals surface area (Å²) in [6.45, 7) is 0. The number of hydrazone groups is 1. The van der Waals surface area contributed by atoms with E-state index in [1.54, 1.807) is 0 Å². The average Bonchev–Trinajstić information content (AvgIpc) is 3.19. The van der Waals surface area contributed by atoms with Crippen molar-refractivity contribution in [2.75, 3.05) is 5.43 Å². The highest BCUT2D eigenvalue weighted by atomic mass is 16.6. The van der Waals surface area contributed by atoms with Gasteiger partial charge < -0.3 is 5.11 Å². The average molecular weight is 362 g/mol. The Kier molecular flexibility index (Phi) is 4.94. The largest absolute Gasteiger partial charge is 0.385 e. The zero-order valence-corrected chi connectivity index (χ0v) is 13.8. The third-order valence-corrected chi connectivity index (χ3v) is 5.06. The molecule has 0 aliphatic heterocycles. The Hall–Kier alpha value is -2.88. The predicted octanol–water partition coefficient (Wildman–Crippen LogP) is 2.41. The SMILES string of the molecule is O=C1CC[C@H]([C@@H]2CCC/C2=N/Nc2ccc([N+](=O)[O-])cc2[N+](=O)[O-])[C@H]1O. The van der Waals surface area contributed by atoms with Crippen molar-refractivity contribution in [3.05, 3.63) is 38.4 Å². The van der Waals surface area contributed by atoms with Crippen molar-refractivity contribution in [2.24, 2.45) is 16.9 Å². The van der Waals surface area contributed by atoms with Crippen LogP contribution in [0, 0.1) is 32.1 Å². The first kappa shape index (κ1) is 17.9. The molecular weight excluding hydrogens is 344 g/mol. The van der Waals surface area contributed by atoms with E-state index in [4.69, 9.17) is 0 Å². The Bertz CT molecular complexity index is 793. The summed E-state index contributed by atoms with van der Waals surface area (Å²) in [4.78, 5) is 32.1. The maximum atomic E-state index is 11.6. The molecule has 0 spiro atoms. The predicted molar refractivity (Wildman–Crippen MR) is 91.9 cm³/mol. The van der Waals surface area contributed by atoms with Crippen LogP contribution in [-0.2, 0) is 4.79 Å². The van der Waals surface area contributed by atoms with Crippen molar-refractivity contribution in [1.82, 2.24) is 0 Å². The summed E-state index contributed by atoms with van der Waals surface area (Å²) in [5.41, 5.74) is 2.65. The molecule has 0 saturated heterocycles. The summed E-state index contributed by atoms with van der Waals surface area (Å²) in [5, 5.41) is 36.3. The first-order valence-corrected chi connectivity index (χ1v) is 8.34. The minimum absolute atomic E-state index is 0.0407. The first-order chi connectivity index (χ1) is 12.4. The van der Waals surface area contributed by atoms with E-state index < -0.39 is 21.6 Å². The standard InChI is InChI=1S/C16H18N4O6/c21-15-7-5-11(16(15)22)10-2-1-3-12(10)17-18-13-6-4-9(19(23)24)8-14(13)20(25)26/h4,6,8,10-11,16,18,22H,1-3,5,7H2/b17-12-/t10-,11+,16+/m0/s1. The van der Waals surface area contributed by atoms with Gasteiger partial charge in [-0.15, -0.1) is 0 Å². The topological polar surface area (TPSA) is 148 Å². The van der Waals surface area contributed by atoms with Gasteiger partial charge in [-0.3, -0.25) is 30.4 Å². The summed E-state index contributed by atoms with van der Waals surface area (Å²) in [6, 6.07) is 3.30. The smallest absolute Gasteiger partial charge is 0.301 e. The number of Topliss-reactive ketones (excluding diaryl/α,β-unsaturated/α-hetero) is 1. The first-order valence-electron chi connectivity index (χ1n) is 8.34. The molecule has 3 atom stereocenters. The van der Waals surface area contributed by atoms with E-state index in [2.05, 4.69) is 10.5 Å². The van der Waals surface area contributed by atoms with E-state index in [0.717, 1.165) is 24.6 Å². The number of nitrogens with one attached hydrogen (secondary N) is 1. The lowest BCUT2D eigenvalue weighted by atomic mass is 9.87. The van der Waals surface area contributed by atoms with Crippen LogP contribution in [0.25, 0.3) is 0 Å². The number of non-ortho nitro benzene ring substituents is 1. The van der Waals surface area contributed by atoms with Gasteiger partial charge in [0.1, 0.15) is 11.8 Å². The number of aliphatic hydroxyl groups excluding tert-OH is 1. The summed E-state index contributed by atoms with van der Waals surface area (Å²) in [6.07, 6.45) is 2.34. The number of ketones is 1. The third kappa shape index (κ3) is 3.40. The molecule has 2 aliphatic rings. The number of nitrogens with zero attached hydrogens (tertiary/aromatic N) is 3. The van der Waals surface area contributed by atoms with E-state index in [-0.39, 0.29) is 29.0 Å². The van der Waals surface area contributed by atoms with Crippen molar-refractivity contribution in [1.29, 1.82) is 0 Å². The summed E-state index contributed by atoms with van der Waals surface area (Å²) >= 11 is 0. The molecule has 2 aliphatic carbocycles. The van der Waals surface area contributed by atoms with Crippen LogP contribution in [0.15, 0.2) is 23.3 Å². The zero-order valence-electron chi connectivity index (χ0n) is 13.8. The van der Waals surface area contributed by atoms with E-state index in [0.29, 0.717) is 19.3 Å². The number of rotatable bonds is 5. The Morgan fingerprint density at radius 1 is 1.15 bits per heavy atom. The normalized spacial score (nSPS) is 27.0. The van der Waals surface area contributed by atoms with E-state index in [1.165, 1.54) is 12.1 Å². The van der Waals surface area contributed by atoms with Gasteiger partial charge >= 0.3 is 5.69 Å². The minimum Gasteiger partial charge on any atom is -0.385 e. The van der Waals surface area contributed by atoms with Crippen LogP contribution in [0.1, 0.15) is 32.1 Å². The van der Waals surface area contributed by atoms with Gasteiger partial charge in [-0.2, -0.15) is 5.10 Å². The fourth-order valence-corrected chi connectivity index (χ4v) is 3.74. The number of benzene rings is 1. The maximum absolute atomic E-state index is 11.6. The summed E-state index contributed by atoms with van der Waals surface area (Å²) in [7, 11) is 0. The van der Waals surface area contributed by atoms with E-state index >= 15 is 0 Å². The minimum atomic E-state index is -0.975. The van der Waals surface area contributed by atoms with Crippen molar-refractivity contribution in [2.45, 2.75) is 38.2 Å². The molecule has 0 aromatic heterocycles. The summed E-state index contributed by atoms with van der Waals surface area (Å²) in [5.74, 6) is -0.362. The molecule has 2 saturated carbocycles. The summed E-state index contributed by atoms with van der Waals surface area (Å²) < 4.78 is 0. The second-order valence-electron chi connectivity index (χ2n) is 6.54. The van der Waals surface area contributed by atoms with Crippen LogP contribution < -0.4 is 5.43 Å². The second kappa shape index (κ2) is 7.16. The van der Waals surface area contributed by atoms with Gasteiger partial charge in [-0.1, -0.05) is 0 Å². The fraction of sp³-hybridized carbons (Fsp3) is 0.500. The van der Waals surface area contributed by atoms with Gasteiger partial charge in [0.2, 0.25) is 0 Å². The molecule has 1 aromatic rings. The molecule has 1 aromatic carbocycles. The van der Waals surface area contributed by atoms with Crippen molar-refractivity contribution >= 4 is 28.6 Å². The quantitative estimate of drug-likeness (QED) is 0.603. The molecule has 2 fully saturated rings. The van der Waals surface area contributed by atoms with E-state index in [1.807, 2.05) is 0 Å². The molecule has 2 N–H and O–H groups in total. The molecular formula is C16H18N4O6. The maximum Gasteiger partial charge on any atom is 0.301 e. The van der Waals surface area contributed by atoms with Gasteiger partial charge in [-0.05, 0) is 31.7 Å². The zero-order chi connectivity index (χ0) is 18.8. The molecule has 26 heavy (non-hydrogen) atoms. The lowest BCUT2D eigenvalue weighted by Gasteiger charge is -2.21. The Labute approximate surface area is 148 Å². The molecule has 0 heterocycles. The van der Waals surface area contributed by atoms with E-state index in [9.17, 15) is 30.1 Å². The lowest BCUT2D eigenvalue weighted by molar-refractivity contribution is -0.393. The highest BCUT2D eigenvalue weighted by Gasteiger charge is 2.41. The lowest BCUT2D eigenvalue weighted by Crippen LogP contribution is -2.29.